The SMILES string of the molecule is Cc1csc(C2(N[C@H](C)CCc3ccccc3)CCC2)n1. The molecule has 21 heavy (non-hydrogen) atoms. The van der Waals surface area contributed by atoms with Crippen molar-refractivity contribution in [1.29, 1.82) is 0 Å². The minimum Gasteiger partial charge on any atom is -0.303 e. The van der Waals surface area contributed by atoms with Crippen molar-refractivity contribution in [3.63, 3.8) is 0 Å². The Balaban J connectivity index is 1.59. The molecule has 1 aromatic heterocycles. The molecule has 1 N–H and O–H groups in total. The smallest absolute Gasteiger partial charge is 0.113 e. The summed E-state index contributed by atoms with van der Waals surface area (Å²) in [7, 11) is 0. The van der Waals surface area contributed by atoms with Crippen LogP contribution >= 0.6 is 11.3 Å². The fourth-order valence-electron chi connectivity index (χ4n) is 3.10. The van der Waals surface area contributed by atoms with Crippen molar-refractivity contribution in [2.45, 2.75) is 57.5 Å². The molecular formula is C18H24N2S. The molecule has 0 aliphatic heterocycles. The van der Waals surface area contributed by atoms with Crippen LogP contribution in [0.4, 0.5) is 0 Å². The molecule has 1 saturated carbocycles. The number of nitrogens with zero attached hydrogens (tertiary/aromatic N) is 1. The number of rotatable bonds is 6. The number of hydrogen-bond acceptors (Lipinski definition) is 3. The normalized spacial score (nSPS) is 18.2. The van der Waals surface area contributed by atoms with Crippen LogP contribution in [-0.4, -0.2) is 11.0 Å². The maximum atomic E-state index is 4.73. The summed E-state index contributed by atoms with van der Waals surface area (Å²) < 4.78 is 0. The van der Waals surface area contributed by atoms with Gasteiger partial charge in [0.25, 0.3) is 0 Å². The van der Waals surface area contributed by atoms with E-state index in [0.717, 1.165) is 12.1 Å². The van der Waals surface area contributed by atoms with Crippen molar-refractivity contribution in [2.75, 3.05) is 0 Å². The van der Waals surface area contributed by atoms with Gasteiger partial charge in [0.2, 0.25) is 0 Å². The molecule has 1 aliphatic carbocycles. The van der Waals surface area contributed by atoms with Crippen LogP contribution in [0.3, 0.4) is 0 Å². The van der Waals surface area contributed by atoms with Gasteiger partial charge < -0.3 is 5.32 Å². The summed E-state index contributed by atoms with van der Waals surface area (Å²) in [6.45, 7) is 4.40. The highest BCUT2D eigenvalue weighted by atomic mass is 32.1. The predicted molar refractivity (Wildman–Crippen MR) is 89.7 cm³/mol. The largest absolute Gasteiger partial charge is 0.303 e. The Kier molecular flexibility index (Phi) is 4.41. The molecule has 0 bridgehead atoms. The standard InChI is InChI=1S/C18H24N2S/c1-14(9-10-16-7-4-3-5-8-16)20-18(11-6-12-18)17-19-15(2)13-21-17/h3-5,7-8,13-14,20H,6,9-12H2,1-2H3/t14-/m1/s1. The minimum absolute atomic E-state index is 0.162. The van der Waals surface area contributed by atoms with E-state index in [1.54, 1.807) is 0 Å². The van der Waals surface area contributed by atoms with E-state index >= 15 is 0 Å². The lowest BCUT2D eigenvalue weighted by Gasteiger charge is -2.43. The Morgan fingerprint density at radius 1 is 1.29 bits per heavy atom. The number of hydrogen-bond donors (Lipinski definition) is 1. The summed E-state index contributed by atoms with van der Waals surface area (Å²) in [6, 6.07) is 11.3. The van der Waals surface area contributed by atoms with E-state index in [9.17, 15) is 0 Å². The van der Waals surface area contributed by atoms with Crippen molar-refractivity contribution in [2.24, 2.45) is 0 Å². The lowest BCUT2D eigenvalue weighted by Crippen LogP contribution is -2.51. The van der Waals surface area contributed by atoms with E-state index in [-0.39, 0.29) is 5.54 Å². The van der Waals surface area contributed by atoms with Crippen LogP contribution in [0.25, 0.3) is 0 Å². The molecule has 1 fully saturated rings. The molecule has 1 aliphatic rings. The fourth-order valence-corrected chi connectivity index (χ4v) is 4.12. The first kappa shape index (κ1) is 14.7. The maximum absolute atomic E-state index is 4.73. The second-order valence-electron chi connectivity index (χ2n) is 6.30. The molecule has 1 aromatic carbocycles. The Bertz CT molecular complexity index is 572. The first-order valence-electron chi connectivity index (χ1n) is 7.92. The van der Waals surface area contributed by atoms with Crippen LogP contribution in [0, 0.1) is 6.92 Å². The van der Waals surface area contributed by atoms with Crippen LogP contribution in [0.1, 0.15) is 48.9 Å². The van der Waals surface area contributed by atoms with Gasteiger partial charge in [-0.15, -0.1) is 11.3 Å². The predicted octanol–water partition coefficient (Wildman–Crippen LogP) is 4.44. The molecule has 2 aromatic rings. The highest BCUT2D eigenvalue weighted by Gasteiger charge is 2.41. The quantitative estimate of drug-likeness (QED) is 0.853. The molecule has 0 radical (unpaired) electrons. The van der Waals surface area contributed by atoms with Crippen LogP contribution < -0.4 is 5.32 Å². The van der Waals surface area contributed by atoms with Gasteiger partial charge in [0.15, 0.2) is 0 Å². The van der Waals surface area contributed by atoms with E-state index < -0.39 is 0 Å². The molecule has 3 heteroatoms. The van der Waals surface area contributed by atoms with Crippen molar-refractivity contribution in [3.05, 3.63) is 52.0 Å². The zero-order valence-electron chi connectivity index (χ0n) is 12.9. The highest BCUT2D eigenvalue weighted by Crippen LogP contribution is 2.43. The van der Waals surface area contributed by atoms with E-state index in [2.05, 4.69) is 54.9 Å². The average molecular weight is 300 g/mol. The Morgan fingerprint density at radius 3 is 2.62 bits per heavy atom. The summed E-state index contributed by atoms with van der Waals surface area (Å²) in [4.78, 5) is 4.73. The summed E-state index contributed by atoms with van der Waals surface area (Å²) in [6.07, 6.45) is 6.10. The minimum atomic E-state index is 0.162. The van der Waals surface area contributed by atoms with Gasteiger partial charge in [0.1, 0.15) is 5.01 Å². The highest BCUT2D eigenvalue weighted by molar-refractivity contribution is 7.09. The number of aryl methyl sites for hydroxylation is 2. The van der Waals surface area contributed by atoms with Gasteiger partial charge in [-0.1, -0.05) is 30.3 Å². The second-order valence-corrected chi connectivity index (χ2v) is 7.16. The molecule has 0 spiro atoms. The van der Waals surface area contributed by atoms with Crippen molar-refractivity contribution in [3.8, 4) is 0 Å². The van der Waals surface area contributed by atoms with Crippen LogP contribution in [0.15, 0.2) is 35.7 Å². The van der Waals surface area contributed by atoms with Gasteiger partial charge in [-0.3, -0.25) is 0 Å². The number of thiazole rings is 1. The van der Waals surface area contributed by atoms with Gasteiger partial charge in [-0.05, 0) is 51.5 Å². The third-order valence-electron chi connectivity index (χ3n) is 4.47. The van der Waals surface area contributed by atoms with E-state index in [4.69, 9.17) is 4.98 Å². The van der Waals surface area contributed by atoms with Gasteiger partial charge in [-0.25, -0.2) is 4.98 Å². The molecule has 0 saturated heterocycles. The fraction of sp³-hybridized carbons (Fsp3) is 0.500. The third kappa shape index (κ3) is 3.35. The number of nitrogens with one attached hydrogen (secondary N) is 1. The summed E-state index contributed by atoms with van der Waals surface area (Å²) in [5.41, 5.74) is 2.74. The van der Waals surface area contributed by atoms with Crippen LogP contribution in [-0.2, 0) is 12.0 Å². The molecule has 1 atom stereocenters. The topological polar surface area (TPSA) is 24.9 Å². The zero-order valence-corrected chi connectivity index (χ0v) is 13.7. The molecule has 0 unspecified atom stereocenters. The van der Waals surface area contributed by atoms with Gasteiger partial charge in [0.05, 0.1) is 5.54 Å². The molecule has 112 valence electrons. The third-order valence-corrected chi connectivity index (χ3v) is 5.63. The van der Waals surface area contributed by atoms with Crippen LogP contribution in [0.2, 0.25) is 0 Å². The Hall–Kier alpha value is -1.19. The van der Waals surface area contributed by atoms with E-state index in [0.29, 0.717) is 6.04 Å². The lowest BCUT2D eigenvalue weighted by molar-refractivity contribution is 0.163. The maximum Gasteiger partial charge on any atom is 0.113 e. The molecule has 1 heterocycles. The van der Waals surface area contributed by atoms with Gasteiger partial charge in [-0.2, -0.15) is 0 Å². The molecule has 3 rings (SSSR count). The molecule has 0 amide bonds. The Morgan fingerprint density at radius 2 is 2.05 bits per heavy atom. The second kappa shape index (κ2) is 6.29. The zero-order chi connectivity index (χ0) is 14.7. The van der Waals surface area contributed by atoms with E-state index in [1.165, 1.54) is 36.3 Å². The van der Waals surface area contributed by atoms with Gasteiger partial charge >= 0.3 is 0 Å². The first-order valence-corrected chi connectivity index (χ1v) is 8.80. The summed E-state index contributed by atoms with van der Waals surface area (Å²) in [5.74, 6) is 0. The monoisotopic (exact) mass is 300 g/mol. The number of aromatic nitrogens is 1. The Labute approximate surface area is 131 Å². The summed E-state index contributed by atoms with van der Waals surface area (Å²) >= 11 is 1.82. The molecular weight excluding hydrogens is 276 g/mol. The first-order chi connectivity index (χ1) is 10.2. The molecule has 2 nitrogen and oxygen atoms in total. The van der Waals surface area contributed by atoms with Gasteiger partial charge in [0, 0.05) is 17.1 Å². The van der Waals surface area contributed by atoms with Crippen LogP contribution in [0.5, 0.6) is 0 Å². The summed E-state index contributed by atoms with van der Waals surface area (Å²) in [5, 5.41) is 7.34. The van der Waals surface area contributed by atoms with Crippen molar-refractivity contribution < 1.29 is 0 Å². The number of benzene rings is 1. The lowest BCUT2D eigenvalue weighted by atomic mass is 9.76. The van der Waals surface area contributed by atoms with E-state index in [1.807, 2.05) is 11.3 Å². The average Bonchev–Trinajstić information content (AvgIpc) is 2.88. The van der Waals surface area contributed by atoms with Crippen molar-refractivity contribution in [1.82, 2.24) is 10.3 Å². The van der Waals surface area contributed by atoms with Crippen molar-refractivity contribution >= 4 is 11.3 Å².